The maximum absolute atomic E-state index is 6.81. The summed E-state index contributed by atoms with van der Waals surface area (Å²) in [6.45, 7) is 2.05. The normalized spacial score (nSPS) is 12.0. The predicted octanol–water partition coefficient (Wildman–Crippen LogP) is 4.46. The highest BCUT2D eigenvalue weighted by molar-refractivity contribution is 6.34. The molecule has 4 nitrogen and oxygen atoms in total. The minimum absolute atomic E-state index is 0.0872. The van der Waals surface area contributed by atoms with Gasteiger partial charge in [-0.15, -0.1) is 10.2 Å². The van der Waals surface area contributed by atoms with Gasteiger partial charge in [0, 0.05) is 18.2 Å². The van der Waals surface area contributed by atoms with Crippen LogP contribution in [0.2, 0.25) is 5.02 Å². The van der Waals surface area contributed by atoms with E-state index in [1.54, 1.807) is 0 Å². The van der Waals surface area contributed by atoms with Gasteiger partial charge < -0.3 is 10.6 Å². The summed E-state index contributed by atoms with van der Waals surface area (Å²) in [6.07, 6.45) is 0. The van der Waals surface area contributed by atoms with Crippen LogP contribution in [-0.4, -0.2) is 24.3 Å². The minimum Gasteiger partial charge on any atom is -0.371 e. The lowest BCUT2D eigenvalue weighted by Gasteiger charge is -2.22. The van der Waals surface area contributed by atoms with Gasteiger partial charge in [-0.25, -0.2) is 0 Å². The van der Waals surface area contributed by atoms with Gasteiger partial charge in [0.25, 0.3) is 0 Å². The first-order chi connectivity index (χ1) is 12.2. The smallest absolute Gasteiger partial charge is 0.155 e. The average Bonchev–Trinajstić information content (AvgIpc) is 2.65. The van der Waals surface area contributed by atoms with Crippen LogP contribution in [0, 0.1) is 6.92 Å². The van der Waals surface area contributed by atoms with E-state index in [1.807, 2.05) is 56.6 Å². The first kappa shape index (κ1) is 17.4. The molecule has 0 aliphatic carbocycles. The van der Waals surface area contributed by atoms with Gasteiger partial charge >= 0.3 is 0 Å². The number of hydrogen-bond acceptors (Lipinski definition) is 4. The van der Waals surface area contributed by atoms with Crippen LogP contribution in [0.15, 0.2) is 54.6 Å². The lowest BCUT2D eigenvalue weighted by Crippen LogP contribution is -2.20. The van der Waals surface area contributed by atoms with Crippen molar-refractivity contribution in [3.8, 4) is 11.3 Å². The highest BCUT2D eigenvalue weighted by atomic mass is 35.5. The Labute approximate surface area is 153 Å². The Hall–Kier alpha value is -2.43. The van der Waals surface area contributed by atoms with Crippen LogP contribution in [0.1, 0.15) is 22.7 Å². The van der Waals surface area contributed by atoms with Crippen LogP contribution in [0.5, 0.6) is 0 Å². The van der Waals surface area contributed by atoms with E-state index in [4.69, 9.17) is 11.6 Å². The molecule has 0 bridgehead atoms. The second-order valence-corrected chi connectivity index (χ2v) is 6.25. The van der Waals surface area contributed by atoms with Crippen molar-refractivity contribution >= 4 is 17.4 Å². The van der Waals surface area contributed by atoms with E-state index in [1.165, 1.54) is 5.56 Å². The van der Waals surface area contributed by atoms with Gasteiger partial charge in [-0.3, -0.25) is 0 Å². The summed E-state index contributed by atoms with van der Waals surface area (Å²) in [6, 6.07) is 18.2. The molecule has 5 heteroatoms. The van der Waals surface area contributed by atoms with Crippen molar-refractivity contribution in [2.75, 3.05) is 19.4 Å². The topological polar surface area (TPSA) is 49.8 Å². The molecule has 0 aliphatic heterocycles. The maximum Gasteiger partial charge on any atom is 0.155 e. The first-order valence-corrected chi connectivity index (χ1v) is 8.56. The number of rotatable bonds is 5. The summed E-state index contributed by atoms with van der Waals surface area (Å²) in [5.41, 5.74) is 4.84. The zero-order valence-electron chi connectivity index (χ0n) is 14.5. The van der Waals surface area contributed by atoms with Crippen molar-refractivity contribution in [1.29, 1.82) is 0 Å². The second kappa shape index (κ2) is 7.64. The van der Waals surface area contributed by atoms with E-state index in [0.29, 0.717) is 16.5 Å². The molecule has 128 valence electrons. The van der Waals surface area contributed by atoms with Crippen molar-refractivity contribution in [3.05, 3.63) is 76.3 Å². The summed E-state index contributed by atoms with van der Waals surface area (Å²) in [5.74, 6) is 0.670. The van der Waals surface area contributed by atoms with Crippen molar-refractivity contribution in [1.82, 2.24) is 15.5 Å². The molecule has 0 aliphatic rings. The zero-order valence-corrected chi connectivity index (χ0v) is 15.3. The Morgan fingerprint density at radius 1 is 0.920 bits per heavy atom. The number of hydrogen-bond donors (Lipinski definition) is 2. The summed E-state index contributed by atoms with van der Waals surface area (Å²) in [5, 5.41) is 15.8. The lowest BCUT2D eigenvalue weighted by molar-refractivity contribution is 0.688. The van der Waals surface area contributed by atoms with Crippen LogP contribution in [0.25, 0.3) is 11.3 Å². The van der Waals surface area contributed by atoms with Crippen molar-refractivity contribution in [2.45, 2.75) is 13.0 Å². The molecule has 1 aromatic heterocycles. The predicted molar refractivity (Wildman–Crippen MR) is 104 cm³/mol. The van der Waals surface area contributed by atoms with Crippen LogP contribution in [0.4, 0.5) is 5.82 Å². The minimum atomic E-state index is -0.0872. The monoisotopic (exact) mass is 352 g/mol. The molecule has 25 heavy (non-hydrogen) atoms. The third-order valence-corrected chi connectivity index (χ3v) is 4.60. The number of benzene rings is 2. The average molecular weight is 353 g/mol. The van der Waals surface area contributed by atoms with E-state index in [9.17, 15) is 0 Å². The number of anilines is 1. The highest BCUT2D eigenvalue weighted by Crippen LogP contribution is 2.37. The number of aryl methyl sites for hydroxylation is 1. The van der Waals surface area contributed by atoms with E-state index < -0.39 is 0 Å². The zero-order chi connectivity index (χ0) is 17.8. The van der Waals surface area contributed by atoms with E-state index in [-0.39, 0.29) is 6.04 Å². The number of aromatic nitrogens is 2. The fourth-order valence-electron chi connectivity index (χ4n) is 2.90. The molecule has 2 N–H and O–H groups in total. The Morgan fingerprint density at radius 2 is 1.60 bits per heavy atom. The van der Waals surface area contributed by atoms with Gasteiger partial charge in [0.2, 0.25) is 0 Å². The molecule has 3 rings (SSSR count). The van der Waals surface area contributed by atoms with Crippen LogP contribution >= 0.6 is 11.6 Å². The third kappa shape index (κ3) is 3.50. The SMILES string of the molecule is CNc1nnc(-c2ccc(C)cc2)c(Cl)c1C(NC)c1ccccc1. The van der Waals surface area contributed by atoms with Crippen LogP contribution < -0.4 is 10.6 Å². The Balaban J connectivity index is 2.17. The molecule has 1 heterocycles. The van der Waals surface area contributed by atoms with Crippen LogP contribution in [0.3, 0.4) is 0 Å². The Bertz CT molecular complexity index is 848. The first-order valence-electron chi connectivity index (χ1n) is 8.18. The summed E-state index contributed by atoms with van der Waals surface area (Å²) in [7, 11) is 3.74. The quantitative estimate of drug-likeness (QED) is 0.712. The van der Waals surface area contributed by atoms with Crippen molar-refractivity contribution in [2.24, 2.45) is 0 Å². The molecule has 0 spiro atoms. The van der Waals surface area contributed by atoms with Gasteiger partial charge in [0.05, 0.1) is 11.1 Å². The van der Waals surface area contributed by atoms with Gasteiger partial charge in [-0.05, 0) is 19.5 Å². The van der Waals surface area contributed by atoms with Crippen molar-refractivity contribution in [3.63, 3.8) is 0 Å². The van der Waals surface area contributed by atoms with Gasteiger partial charge in [-0.1, -0.05) is 71.8 Å². The lowest BCUT2D eigenvalue weighted by atomic mass is 9.97. The van der Waals surface area contributed by atoms with Crippen molar-refractivity contribution < 1.29 is 0 Å². The maximum atomic E-state index is 6.81. The second-order valence-electron chi connectivity index (χ2n) is 5.87. The molecular formula is C20H21ClN4. The molecule has 0 saturated carbocycles. The number of halogens is 1. The molecule has 0 radical (unpaired) electrons. The molecular weight excluding hydrogens is 332 g/mol. The molecule has 3 aromatic rings. The summed E-state index contributed by atoms with van der Waals surface area (Å²) in [4.78, 5) is 0. The van der Waals surface area contributed by atoms with Gasteiger partial charge in [0.15, 0.2) is 5.82 Å². The highest BCUT2D eigenvalue weighted by Gasteiger charge is 2.23. The van der Waals surface area contributed by atoms with Gasteiger partial charge in [0.1, 0.15) is 5.69 Å². The van der Waals surface area contributed by atoms with E-state index in [0.717, 1.165) is 16.7 Å². The Kier molecular flexibility index (Phi) is 5.31. The molecule has 0 saturated heterocycles. The van der Waals surface area contributed by atoms with Crippen LogP contribution in [-0.2, 0) is 0 Å². The molecule has 1 unspecified atom stereocenters. The Morgan fingerprint density at radius 3 is 2.20 bits per heavy atom. The molecule has 0 fully saturated rings. The summed E-state index contributed by atoms with van der Waals surface area (Å²) >= 11 is 6.81. The fourth-order valence-corrected chi connectivity index (χ4v) is 3.24. The standard InChI is InChI=1S/C20H21ClN4/c1-13-9-11-15(12-10-13)19-17(21)16(20(23-3)25-24-19)18(22-2)14-7-5-4-6-8-14/h4-12,18,22H,1-3H3,(H,23,25). The molecule has 2 aromatic carbocycles. The molecule has 1 atom stereocenters. The number of nitrogens with one attached hydrogen (secondary N) is 2. The molecule has 0 amide bonds. The van der Waals surface area contributed by atoms with E-state index in [2.05, 4.69) is 39.9 Å². The fraction of sp³-hybridized carbons (Fsp3) is 0.200. The third-order valence-electron chi connectivity index (χ3n) is 4.22. The summed E-state index contributed by atoms with van der Waals surface area (Å²) < 4.78 is 0. The van der Waals surface area contributed by atoms with Gasteiger partial charge in [-0.2, -0.15) is 0 Å². The largest absolute Gasteiger partial charge is 0.371 e. The van der Waals surface area contributed by atoms with E-state index >= 15 is 0 Å². The number of nitrogens with zero attached hydrogens (tertiary/aromatic N) is 2.